The molecule has 2 bridgehead atoms. The maximum Gasteiger partial charge on any atom is 0.131 e. The van der Waals surface area contributed by atoms with Crippen LogP contribution in [0.5, 0.6) is 0 Å². The molecular weight excluding hydrogens is 234 g/mol. The van der Waals surface area contributed by atoms with Crippen molar-refractivity contribution in [2.24, 2.45) is 18.9 Å². The van der Waals surface area contributed by atoms with Gasteiger partial charge in [0.25, 0.3) is 0 Å². The molecule has 2 fully saturated rings. The fourth-order valence-electron chi connectivity index (χ4n) is 3.60. The van der Waals surface area contributed by atoms with E-state index in [4.69, 9.17) is 11.6 Å². The lowest BCUT2D eigenvalue weighted by atomic mass is 9.95. The quantitative estimate of drug-likeness (QED) is 0.898. The minimum atomic E-state index is 0.712. The highest BCUT2D eigenvalue weighted by molar-refractivity contribution is 6.30. The standard InChI is InChI=1S/C13H20ClN3/c1-8-11(13(14)17(2)16-8)7-15-12-6-9-3-4-10(12)5-9/h9-10,12,15H,3-7H2,1-2H3. The van der Waals surface area contributed by atoms with Gasteiger partial charge in [-0.05, 0) is 38.0 Å². The molecule has 1 N–H and O–H groups in total. The number of halogens is 1. The molecule has 0 amide bonds. The predicted octanol–water partition coefficient (Wildman–Crippen LogP) is 2.66. The zero-order valence-corrected chi connectivity index (χ0v) is 11.3. The van der Waals surface area contributed by atoms with Crippen LogP contribution in [-0.4, -0.2) is 15.8 Å². The van der Waals surface area contributed by atoms with Gasteiger partial charge in [0, 0.05) is 25.2 Å². The molecule has 4 heteroatoms. The Hall–Kier alpha value is -0.540. The van der Waals surface area contributed by atoms with Crippen LogP contribution >= 0.6 is 11.6 Å². The smallest absolute Gasteiger partial charge is 0.131 e. The Bertz CT molecular complexity index is 427. The van der Waals surface area contributed by atoms with E-state index in [0.717, 1.165) is 34.8 Å². The van der Waals surface area contributed by atoms with Gasteiger partial charge in [-0.15, -0.1) is 0 Å². The number of hydrogen-bond acceptors (Lipinski definition) is 2. The second-order valence-corrected chi connectivity index (χ2v) is 6.00. The van der Waals surface area contributed by atoms with Crippen molar-refractivity contribution >= 4 is 11.6 Å². The Labute approximate surface area is 108 Å². The van der Waals surface area contributed by atoms with Crippen molar-refractivity contribution in [3.8, 4) is 0 Å². The topological polar surface area (TPSA) is 29.9 Å². The van der Waals surface area contributed by atoms with E-state index in [2.05, 4.69) is 10.4 Å². The molecule has 1 aromatic heterocycles. The van der Waals surface area contributed by atoms with Crippen LogP contribution < -0.4 is 5.32 Å². The Morgan fingerprint density at radius 3 is 2.76 bits per heavy atom. The van der Waals surface area contributed by atoms with Crippen molar-refractivity contribution in [3.63, 3.8) is 0 Å². The first-order chi connectivity index (χ1) is 8.15. The van der Waals surface area contributed by atoms with Gasteiger partial charge >= 0.3 is 0 Å². The van der Waals surface area contributed by atoms with Gasteiger partial charge < -0.3 is 5.32 Å². The molecule has 0 radical (unpaired) electrons. The third kappa shape index (κ3) is 2.00. The second-order valence-electron chi connectivity index (χ2n) is 5.64. The van der Waals surface area contributed by atoms with E-state index < -0.39 is 0 Å². The van der Waals surface area contributed by atoms with E-state index in [-0.39, 0.29) is 0 Å². The van der Waals surface area contributed by atoms with Crippen molar-refractivity contribution in [3.05, 3.63) is 16.4 Å². The molecule has 0 spiro atoms. The van der Waals surface area contributed by atoms with E-state index >= 15 is 0 Å². The number of nitrogens with zero attached hydrogens (tertiary/aromatic N) is 2. The molecule has 0 aliphatic heterocycles. The largest absolute Gasteiger partial charge is 0.309 e. The van der Waals surface area contributed by atoms with Crippen LogP contribution in [0.3, 0.4) is 0 Å². The maximum atomic E-state index is 6.24. The molecule has 3 nitrogen and oxygen atoms in total. The first-order valence-electron chi connectivity index (χ1n) is 6.56. The Morgan fingerprint density at radius 1 is 1.41 bits per heavy atom. The van der Waals surface area contributed by atoms with Crippen LogP contribution in [0.15, 0.2) is 0 Å². The van der Waals surface area contributed by atoms with Gasteiger partial charge in [-0.25, -0.2) is 0 Å². The number of fused-ring (bicyclic) bond motifs is 2. The van der Waals surface area contributed by atoms with Crippen LogP contribution in [0.4, 0.5) is 0 Å². The summed E-state index contributed by atoms with van der Waals surface area (Å²) in [4.78, 5) is 0. The fraction of sp³-hybridized carbons (Fsp3) is 0.769. The van der Waals surface area contributed by atoms with Gasteiger partial charge in [0.1, 0.15) is 5.15 Å². The van der Waals surface area contributed by atoms with E-state index in [1.807, 2.05) is 14.0 Å². The molecule has 94 valence electrons. The van der Waals surface area contributed by atoms with E-state index in [1.54, 1.807) is 4.68 Å². The third-order valence-corrected chi connectivity index (χ3v) is 5.02. The monoisotopic (exact) mass is 253 g/mol. The first-order valence-corrected chi connectivity index (χ1v) is 6.94. The van der Waals surface area contributed by atoms with Gasteiger partial charge in [-0.3, -0.25) is 4.68 Å². The van der Waals surface area contributed by atoms with E-state index in [1.165, 1.54) is 25.7 Å². The van der Waals surface area contributed by atoms with Crippen molar-refractivity contribution in [1.82, 2.24) is 15.1 Å². The summed E-state index contributed by atoms with van der Waals surface area (Å²) in [5.74, 6) is 1.90. The maximum absolute atomic E-state index is 6.24. The lowest BCUT2D eigenvalue weighted by Crippen LogP contribution is -2.33. The van der Waals surface area contributed by atoms with Crippen LogP contribution in [0, 0.1) is 18.8 Å². The predicted molar refractivity (Wildman–Crippen MR) is 69.0 cm³/mol. The summed E-state index contributed by atoms with van der Waals surface area (Å²) in [5.41, 5.74) is 2.21. The normalized spacial score (nSPS) is 31.4. The molecule has 3 unspecified atom stereocenters. The fourth-order valence-corrected chi connectivity index (χ4v) is 3.84. The average molecular weight is 254 g/mol. The second kappa shape index (κ2) is 4.29. The Morgan fingerprint density at radius 2 is 2.24 bits per heavy atom. The van der Waals surface area contributed by atoms with Crippen molar-refractivity contribution in [2.45, 2.75) is 45.2 Å². The Kier molecular flexibility index (Phi) is 2.91. The molecule has 1 aromatic rings. The summed E-state index contributed by atoms with van der Waals surface area (Å²) in [6, 6.07) is 0.712. The third-order valence-electron chi connectivity index (χ3n) is 4.55. The number of aryl methyl sites for hydroxylation is 2. The van der Waals surface area contributed by atoms with Crippen LogP contribution in [0.2, 0.25) is 5.15 Å². The highest BCUT2D eigenvalue weighted by Gasteiger charge is 2.39. The average Bonchev–Trinajstić information content (AvgIpc) is 2.95. The molecule has 0 aromatic carbocycles. The molecular formula is C13H20ClN3. The molecule has 3 rings (SSSR count). The summed E-state index contributed by atoms with van der Waals surface area (Å²) < 4.78 is 1.76. The highest BCUT2D eigenvalue weighted by Crippen LogP contribution is 2.44. The van der Waals surface area contributed by atoms with Crippen molar-refractivity contribution in [1.29, 1.82) is 0 Å². The summed E-state index contributed by atoms with van der Waals surface area (Å²) >= 11 is 6.24. The molecule has 2 aliphatic carbocycles. The van der Waals surface area contributed by atoms with Crippen molar-refractivity contribution < 1.29 is 0 Å². The molecule has 3 atom stereocenters. The number of rotatable bonds is 3. The van der Waals surface area contributed by atoms with Gasteiger partial charge in [-0.2, -0.15) is 5.10 Å². The van der Waals surface area contributed by atoms with Gasteiger partial charge in [0.2, 0.25) is 0 Å². The van der Waals surface area contributed by atoms with Gasteiger partial charge in [-0.1, -0.05) is 18.0 Å². The number of hydrogen-bond donors (Lipinski definition) is 1. The van der Waals surface area contributed by atoms with E-state index in [9.17, 15) is 0 Å². The Balaban J connectivity index is 1.64. The summed E-state index contributed by atoms with van der Waals surface area (Å²) in [6.45, 7) is 2.90. The summed E-state index contributed by atoms with van der Waals surface area (Å²) in [6.07, 6.45) is 5.68. The summed E-state index contributed by atoms with van der Waals surface area (Å²) in [7, 11) is 1.90. The summed E-state index contributed by atoms with van der Waals surface area (Å²) in [5, 5.41) is 8.81. The zero-order chi connectivity index (χ0) is 12.0. The molecule has 17 heavy (non-hydrogen) atoms. The SMILES string of the molecule is Cc1nn(C)c(Cl)c1CNC1CC2CCC1C2. The van der Waals surface area contributed by atoms with E-state index in [0.29, 0.717) is 6.04 Å². The minimum absolute atomic E-state index is 0.712. The number of nitrogens with one attached hydrogen (secondary N) is 1. The molecule has 1 heterocycles. The molecule has 0 saturated heterocycles. The van der Waals surface area contributed by atoms with Gasteiger partial charge in [0.05, 0.1) is 5.69 Å². The lowest BCUT2D eigenvalue weighted by Gasteiger charge is -2.22. The highest BCUT2D eigenvalue weighted by atomic mass is 35.5. The van der Waals surface area contributed by atoms with Crippen LogP contribution in [0.1, 0.15) is 36.9 Å². The number of aromatic nitrogens is 2. The lowest BCUT2D eigenvalue weighted by molar-refractivity contribution is 0.350. The van der Waals surface area contributed by atoms with Crippen LogP contribution in [-0.2, 0) is 13.6 Å². The van der Waals surface area contributed by atoms with Gasteiger partial charge in [0.15, 0.2) is 0 Å². The molecule has 2 saturated carbocycles. The van der Waals surface area contributed by atoms with Crippen LogP contribution in [0.25, 0.3) is 0 Å². The minimum Gasteiger partial charge on any atom is -0.309 e. The molecule has 2 aliphatic rings. The first kappa shape index (κ1) is 11.5. The van der Waals surface area contributed by atoms with Crippen molar-refractivity contribution in [2.75, 3.05) is 0 Å². The zero-order valence-electron chi connectivity index (χ0n) is 10.5.